The lowest BCUT2D eigenvalue weighted by Crippen LogP contribution is -2.38. The van der Waals surface area contributed by atoms with Crippen LogP contribution in [-0.2, 0) is 9.53 Å². The van der Waals surface area contributed by atoms with Gasteiger partial charge in [0.25, 0.3) is 5.89 Å². The number of rotatable bonds is 5. The first-order valence-electron chi connectivity index (χ1n) is 9.32. The minimum atomic E-state index is -0.590. The van der Waals surface area contributed by atoms with E-state index in [0.717, 1.165) is 18.7 Å². The van der Waals surface area contributed by atoms with Crippen LogP contribution in [0.25, 0.3) is 11.5 Å². The molecule has 1 aliphatic rings. The quantitative estimate of drug-likeness (QED) is 0.624. The van der Waals surface area contributed by atoms with Gasteiger partial charge in [-0.15, -0.1) is 10.2 Å². The highest BCUT2D eigenvalue weighted by molar-refractivity contribution is 5.73. The van der Waals surface area contributed by atoms with E-state index >= 15 is 0 Å². The van der Waals surface area contributed by atoms with Crippen LogP contribution in [-0.4, -0.2) is 39.2 Å². The summed E-state index contributed by atoms with van der Waals surface area (Å²) in [7, 11) is 0. The van der Waals surface area contributed by atoms with E-state index in [1.165, 1.54) is 0 Å². The molecule has 1 aromatic carbocycles. The fraction of sp³-hybridized carbons (Fsp3) is 0.350. The maximum absolute atomic E-state index is 12.5. The molecule has 1 unspecified atom stereocenters. The molecule has 3 aromatic rings. The van der Waals surface area contributed by atoms with Crippen molar-refractivity contribution in [2.24, 2.45) is 5.92 Å². The van der Waals surface area contributed by atoms with Crippen LogP contribution in [0.5, 0.6) is 0 Å². The third-order valence-corrected chi connectivity index (χ3v) is 4.77. The number of carbonyl (C=O) groups excluding carboxylic acids is 1. The van der Waals surface area contributed by atoms with Crippen molar-refractivity contribution in [2.75, 3.05) is 18.0 Å². The maximum Gasteiger partial charge on any atom is 0.309 e. The van der Waals surface area contributed by atoms with Crippen LogP contribution >= 0.6 is 0 Å². The Bertz CT molecular complexity index is 908. The molecule has 0 radical (unpaired) electrons. The maximum atomic E-state index is 12.5. The van der Waals surface area contributed by atoms with E-state index in [-0.39, 0.29) is 11.9 Å². The standard InChI is InChI=1S/C20H21N5O3/c1-14(17-23-24-18(28-17)15-6-3-2-4-7-15)27-19(26)16-8-12-25(13-9-16)20-21-10-5-11-22-20/h2-7,10-11,14,16H,8-9,12-13H2,1H3. The molecule has 2 aromatic heterocycles. The predicted octanol–water partition coefficient (Wildman–Crippen LogP) is 3.05. The Balaban J connectivity index is 1.32. The number of ether oxygens (including phenoxy) is 1. The molecular formula is C20H21N5O3. The van der Waals surface area contributed by atoms with Crippen molar-refractivity contribution in [3.63, 3.8) is 0 Å². The molecule has 0 amide bonds. The van der Waals surface area contributed by atoms with Crippen LogP contribution in [0.4, 0.5) is 5.95 Å². The average Bonchev–Trinajstić information content (AvgIpc) is 3.26. The third kappa shape index (κ3) is 4.00. The summed E-state index contributed by atoms with van der Waals surface area (Å²) in [5.41, 5.74) is 0.829. The molecule has 1 saturated heterocycles. The van der Waals surface area contributed by atoms with Gasteiger partial charge in [-0.25, -0.2) is 9.97 Å². The zero-order valence-electron chi connectivity index (χ0n) is 15.6. The number of piperidine rings is 1. The number of benzene rings is 1. The summed E-state index contributed by atoms with van der Waals surface area (Å²) in [6.45, 7) is 3.18. The Labute approximate surface area is 162 Å². The van der Waals surface area contributed by atoms with E-state index < -0.39 is 6.10 Å². The Kier molecular flexibility index (Phi) is 5.27. The SMILES string of the molecule is CC(OC(=O)C1CCN(c2ncccn2)CC1)c1nnc(-c2ccccc2)o1. The van der Waals surface area contributed by atoms with E-state index in [2.05, 4.69) is 25.1 Å². The minimum Gasteiger partial charge on any atom is -0.452 e. The number of carbonyl (C=O) groups is 1. The molecule has 0 aliphatic carbocycles. The van der Waals surface area contributed by atoms with Crippen LogP contribution in [0, 0.1) is 5.92 Å². The molecule has 1 aliphatic heterocycles. The van der Waals surface area contributed by atoms with Gasteiger partial charge < -0.3 is 14.1 Å². The topological polar surface area (TPSA) is 94.2 Å². The molecule has 8 nitrogen and oxygen atoms in total. The van der Waals surface area contributed by atoms with Gasteiger partial charge in [0.2, 0.25) is 11.8 Å². The largest absolute Gasteiger partial charge is 0.452 e. The molecule has 0 N–H and O–H groups in total. The van der Waals surface area contributed by atoms with Crippen LogP contribution in [0.15, 0.2) is 53.2 Å². The van der Waals surface area contributed by atoms with E-state index in [1.54, 1.807) is 25.4 Å². The lowest BCUT2D eigenvalue weighted by molar-refractivity contribution is -0.155. The average molecular weight is 379 g/mol. The molecule has 3 heterocycles. The van der Waals surface area contributed by atoms with Crippen molar-refractivity contribution in [3.05, 3.63) is 54.7 Å². The summed E-state index contributed by atoms with van der Waals surface area (Å²) in [5.74, 6) is 1.01. The predicted molar refractivity (Wildman–Crippen MR) is 101 cm³/mol. The normalized spacial score (nSPS) is 16.0. The van der Waals surface area contributed by atoms with Gasteiger partial charge in [0, 0.05) is 31.0 Å². The molecule has 144 valence electrons. The second kappa shape index (κ2) is 8.16. The lowest BCUT2D eigenvalue weighted by Gasteiger charge is -2.31. The molecule has 0 bridgehead atoms. The van der Waals surface area contributed by atoms with E-state index in [4.69, 9.17) is 9.15 Å². The summed E-state index contributed by atoms with van der Waals surface area (Å²) in [5, 5.41) is 8.07. The van der Waals surface area contributed by atoms with Gasteiger partial charge in [-0.1, -0.05) is 18.2 Å². The summed E-state index contributed by atoms with van der Waals surface area (Å²) in [6, 6.07) is 11.3. The molecule has 4 rings (SSSR count). The van der Waals surface area contributed by atoms with Gasteiger partial charge in [0.15, 0.2) is 6.10 Å². The first-order valence-corrected chi connectivity index (χ1v) is 9.32. The fourth-order valence-electron chi connectivity index (χ4n) is 3.19. The minimum absolute atomic E-state index is 0.154. The van der Waals surface area contributed by atoms with Gasteiger partial charge in [-0.2, -0.15) is 0 Å². The molecule has 0 spiro atoms. The molecule has 1 fully saturated rings. The fourth-order valence-corrected chi connectivity index (χ4v) is 3.19. The van der Waals surface area contributed by atoms with Crippen LogP contribution in [0.3, 0.4) is 0 Å². The Morgan fingerprint density at radius 3 is 2.54 bits per heavy atom. The first kappa shape index (κ1) is 18.1. The number of aromatic nitrogens is 4. The number of nitrogens with zero attached hydrogens (tertiary/aromatic N) is 5. The molecule has 28 heavy (non-hydrogen) atoms. The van der Waals surface area contributed by atoms with Crippen molar-refractivity contribution < 1.29 is 13.9 Å². The first-order chi connectivity index (χ1) is 13.7. The number of hydrogen-bond acceptors (Lipinski definition) is 8. The van der Waals surface area contributed by atoms with Gasteiger partial charge in [-0.3, -0.25) is 4.79 Å². The Morgan fingerprint density at radius 2 is 1.82 bits per heavy atom. The van der Waals surface area contributed by atoms with Gasteiger partial charge in [-0.05, 0) is 38.0 Å². The highest BCUT2D eigenvalue weighted by atomic mass is 16.6. The number of esters is 1. The van der Waals surface area contributed by atoms with Crippen molar-refractivity contribution >= 4 is 11.9 Å². The van der Waals surface area contributed by atoms with Crippen LogP contribution in [0.2, 0.25) is 0 Å². The summed E-state index contributed by atoms with van der Waals surface area (Å²) >= 11 is 0. The van der Waals surface area contributed by atoms with E-state index in [1.807, 2.05) is 30.3 Å². The van der Waals surface area contributed by atoms with Crippen molar-refractivity contribution in [3.8, 4) is 11.5 Å². The van der Waals surface area contributed by atoms with Crippen LogP contribution in [0.1, 0.15) is 31.8 Å². The smallest absolute Gasteiger partial charge is 0.309 e. The summed E-state index contributed by atoms with van der Waals surface area (Å²) < 4.78 is 11.3. The van der Waals surface area contributed by atoms with Gasteiger partial charge in [0.05, 0.1) is 5.92 Å². The van der Waals surface area contributed by atoms with Crippen molar-refractivity contribution in [2.45, 2.75) is 25.9 Å². The number of anilines is 1. The van der Waals surface area contributed by atoms with E-state index in [9.17, 15) is 4.79 Å². The highest BCUT2D eigenvalue weighted by Gasteiger charge is 2.29. The summed E-state index contributed by atoms with van der Waals surface area (Å²) in [6.07, 6.45) is 4.25. The zero-order valence-corrected chi connectivity index (χ0v) is 15.6. The number of hydrogen-bond donors (Lipinski definition) is 0. The second-order valence-corrected chi connectivity index (χ2v) is 6.70. The zero-order chi connectivity index (χ0) is 19.3. The van der Waals surface area contributed by atoms with Gasteiger partial charge >= 0.3 is 5.97 Å². The Morgan fingerprint density at radius 1 is 1.11 bits per heavy atom. The van der Waals surface area contributed by atoms with Crippen molar-refractivity contribution in [1.29, 1.82) is 0 Å². The second-order valence-electron chi connectivity index (χ2n) is 6.70. The van der Waals surface area contributed by atoms with E-state index in [0.29, 0.717) is 30.6 Å². The molecule has 1 atom stereocenters. The highest BCUT2D eigenvalue weighted by Crippen LogP contribution is 2.26. The molecular weight excluding hydrogens is 358 g/mol. The van der Waals surface area contributed by atoms with Crippen LogP contribution < -0.4 is 4.90 Å². The Hall–Kier alpha value is -3.29. The third-order valence-electron chi connectivity index (χ3n) is 4.77. The van der Waals surface area contributed by atoms with Gasteiger partial charge in [0.1, 0.15) is 0 Å². The molecule has 8 heteroatoms. The lowest BCUT2D eigenvalue weighted by atomic mass is 9.97. The summed E-state index contributed by atoms with van der Waals surface area (Å²) in [4.78, 5) is 23.1. The van der Waals surface area contributed by atoms with Crippen molar-refractivity contribution in [1.82, 2.24) is 20.2 Å². The monoisotopic (exact) mass is 379 g/mol. The molecule has 0 saturated carbocycles.